The summed E-state index contributed by atoms with van der Waals surface area (Å²) in [5.41, 5.74) is 0.439. The van der Waals surface area contributed by atoms with Gasteiger partial charge >= 0.3 is 0 Å². The lowest BCUT2D eigenvalue weighted by Gasteiger charge is -1.98. The van der Waals surface area contributed by atoms with Crippen LogP contribution in [0, 0.1) is 5.82 Å². The Morgan fingerprint density at radius 1 is 1.50 bits per heavy atom. The lowest BCUT2D eigenvalue weighted by Crippen LogP contribution is -1.80. The van der Waals surface area contributed by atoms with Crippen molar-refractivity contribution in [1.29, 1.82) is 0 Å². The van der Waals surface area contributed by atoms with Crippen LogP contribution < -0.4 is 0 Å². The second-order valence-corrected chi connectivity index (χ2v) is 3.68. The van der Waals surface area contributed by atoms with Gasteiger partial charge in [0.1, 0.15) is 0 Å². The number of halogens is 3. The van der Waals surface area contributed by atoms with Crippen molar-refractivity contribution in [3.8, 4) is 0 Å². The Kier molecular flexibility index (Phi) is 1.85. The van der Waals surface area contributed by atoms with E-state index in [2.05, 4.69) is 20.9 Å². The highest BCUT2D eigenvalue weighted by Gasteiger charge is 2.09. The molecule has 0 radical (unpaired) electrons. The van der Waals surface area contributed by atoms with Gasteiger partial charge in [0.2, 0.25) is 0 Å². The van der Waals surface area contributed by atoms with Crippen molar-refractivity contribution in [2.24, 2.45) is 0 Å². The van der Waals surface area contributed by atoms with Crippen molar-refractivity contribution in [1.82, 2.24) is 4.98 Å². The molecule has 12 heavy (non-hydrogen) atoms. The van der Waals surface area contributed by atoms with Gasteiger partial charge in [0.15, 0.2) is 5.82 Å². The summed E-state index contributed by atoms with van der Waals surface area (Å²) in [6.45, 7) is 0. The van der Waals surface area contributed by atoms with Gasteiger partial charge in [-0.15, -0.1) is 0 Å². The second kappa shape index (κ2) is 2.75. The van der Waals surface area contributed by atoms with Crippen LogP contribution in [0.15, 0.2) is 22.8 Å². The third kappa shape index (κ3) is 1.04. The van der Waals surface area contributed by atoms with Gasteiger partial charge < -0.3 is 4.98 Å². The van der Waals surface area contributed by atoms with Crippen LogP contribution in [0.25, 0.3) is 10.9 Å². The molecule has 0 aliphatic rings. The Bertz CT molecular complexity index is 438. The normalized spacial score (nSPS) is 10.9. The first-order chi connectivity index (χ1) is 5.70. The quantitative estimate of drug-likeness (QED) is 0.684. The molecule has 1 N–H and O–H groups in total. The number of H-pyrrole nitrogens is 1. The molecule has 0 spiro atoms. The van der Waals surface area contributed by atoms with Gasteiger partial charge in [-0.2, -0.15) is 0 Å². The molecule has 0 unspecified atom stereocenters. The highest BCUT2D eigenvalue weighted by atomic mass is 79.9. The highest BCUT2D eigenvalue weighted by molar-refractivity contribution is 9.10. The first kappa shape index (κ1) is 8.08. The fourth-order valence-electron chi connectivity index (χ4n) is 1.12. The van der Waals surface area contributed by atoms with Gasteiger partial charge in [0, 0.05) is 16.1 Å². The fraction of sp³-hybridized carbons (Fsp3) is 0. The molecule has 1 aromatic heterocycles. The molecule has 2 aromatic rings. The van der Waals surface area contributed by atoms with Crippen molar-refractivity contribution >= 4 is 38.4 Å². The molecular weight excluding hydrogens is 244 g/mol. The van der Waals surface area contributed by atoms with E-state index < -0.39 is 5.82 Å². The lowest BCUT2D eigenvalue weighted by molar-refractivity contribution is 0.637. The maximum atomic E-state index is 13.2. The zero-order chi connectivity index (χ0) is 8.72. The van der Waals surface area contributed by atoms with Crippen LogP contribution in [-0.2, 0) is 0 Å². The Morgan fingerprint density at radius 3 is 3.00 bits per heavy atom. The zero-order valence-corrected chi connectivity index (χ0v) is 8.21. The molecule has 4 heteroatoms. The standard InChI is InChI=1S/C8H4BrClFN/c9-5-3-6(10)7(11)8-4(5)1-2-12-8/h1-3,12H. The molecule has 0 atom stereocenters. The van der Waals surface area contributed by atoms with E-state index in [1.807, 2.05) is 0 Å². The third-order valence-corrected chi connectivity index (χ3v) is 2.62. The first-order valence-corrected chi connectivity index (χ1v) is 4.48. The summed E-state index contributed by atoms with van der Waals surface area (Å²) < 4.78 is 14.0. The number of nitrogens with one attached hydrogen (secondary N) is 1. The van der Waals surface area contributed by atoms with E-state index in [9.17, 15) is 4.39 Å². The summed E-state index contributed by atoms with van der Waals surface area (Å²) in [5, 5.41) is 0.925. The van der Waals surface area contributed by atoms with E-state index in [4.69, 9.17) is 11.6 Å². The number of benzene rings is 1. The Hall–Kier alpha value is -0.540. The van der Waals surface area contributed by atoms with Crippen LogP contribution in [0.2, 0.25) is 5.02 Å². The summed E-state index contributed by atoms with van der Waals surface area (Å²) in [4.78, 5) is 2.78. The van der Waals surface area contributed by atoms with Crippen LogP contribution in [0.3, 0.4) is 0 Å². The number of rotatable bonds is 0. The highest BCUT2D eigenvalue weighted by Crippen LogP contribution is 2.30. The molecule has 0 aliphatic heterocycles. The predicted octanol–water partition coefficient (Wildman–Crippen LogP) is 3.72. The predicted molar refractivity (Wildman–Crippen MR) is 51.0 cm³/mol. The molecule has 0 saturated carbocycles. The Labute approximate surface area is 81.7 Å². The lowest BCUT2D eigenvalue weighted by atomic mass is 10.2. The smallest absolute Gasteiger partial charge is 0.165 e. The van der Waals surface area contributed by atoms with Crippen molar-refractivity contribution in [3.05, 3.63) is 33.6 Å². The van der Waals surface area contributed by atoms with Crippen molar-refractivity contribution in [2.75, 3.05) is 0 Å². The van der Waals surface area contributed by atoms with Crippen LogP contribution in [0.1, 0.15) is 0 Å². The SMILES string of the molecule is Fc1c(Cl)cc(Br)c2cc[nH]c12. The Morgan fingerprint density at radius 2 is 2.25 bits per heavy atom. The molecule has 1 heterocycles. The minimum absolute atomic E-state index is 0.122. The maximum absolute atomic E-state index is 13.2. The van der Waals surface area contributed by atoms with Gasteiger partial charge in [-0.05, 0) is 12.1 Å². The second-order valence-electron chi connectivity index (χ2n) is 2.42. The van der Waals surface area contributed by atoms with Crippen molar-refractivity contribution < 1.29 is 4.39 Å². The van der Waals surface area contributed by atoms with Crippen molar-refractivity contribution in [3.63, 3.8) is 0 Å². The summed E-state index contributed by atoms with van der Waals surface area (Å²) in [7, 11) is 0. The van der Waals surface area contributed by atoms with Crippen LogP contribution >= 0.6 is 27.5 Å². The monoisotopic (exact) mass is 247 g/mol. The number of hydrogen-bond donors (Lipinski definition) is 1. The molecule has 0 fully saturated rings. The van der Waals surface area contributed by atoms with Gasteiger partial charge in [-0.1, -0.05) is 27.5 Å². The third-order valence-electron chi connectivity index (χ3n) is 1.69. The van der Waals surface area contributed by atoms with Crippen LogP contribution in [0.4, 0.5) is 4.39 Å². The Balaban J connectivity index is 2.97. The van der Waals surface area contributed by atoms with E-state index >= 15 is 0 Å². The summed E-state index contributed by atoms with van der Waals surface area (Å²) >= 11 is 8.91. The van der Waals surface area contributed by atoms with E-state index in [1.165, 1.54) is 0 Å². The van der Waals surface area contributed by atoms with E-state index in [0.29, 0.717) is 5.52 Å². The molecule has 0 aliphatic carbocycles. The number of fused-ring (bicyclic) bond motifs is 1. The average molecular weight is 248 g/mol. The molecule has 0 amide bonds. The minimum Gasteiger partial charge on any atom is -0.359 e. The molecule has 62 valence electrons. The van der Waals surface area contributed by atoms with Gasteiger partial charge in [0.25, 0.3) is 0 Å². The van der Waals surface area contributed by atoms with Crippen molar-refractivity contribution in [2.45, 2.75) is 0 Å². The van der Waals surface area contributed by atoms with Gasteiger partial charge in [-0.3, -0.25) is 0 Å². The van der Waals surface area contributed by atoms with Gasteiger partial charge in [-0.25, -0.2) is 4.39 Å². The minimum atomic E-state index is -0.403. The summed E-state index contributed by atoms with van der Waals surface area (Å²) in [6, 6.07) is 3.34. The van der Waals surface area contributed by atoms with Crippen LogP contribution in [-0.4, -0.2) is 4.98 Å². The number of hydrogen-bond acceptors (Lipinski definition) is 0. The van der Waals surface area contributed by atoms with E-state index in [0.717, 1.165) is 9.86 Å². The summed E-state index contributed by atoms with van der Waals surface area (Å²) in [6.07, 6.45) is 1.68. The molecule has 0 bridgehead atoms. The number of aromatic nitrogens is 1. The van der Waals surface area contributed by atoms with E-state index in [1.54, 1.807) is 18.3 Å². The summed E-state index contributed by atoms with van der Waals surface area (Å²) in [5.74, 6) is -0.403. The zero-order valence-electron chi connectivity index (χ0n) is 5.87. The fourth-order valence-corrected chi connectivity index (χ4v) is 2.02. The molecule has 0 saturated heterocycles. The molecule has 1 aromatic carbocycles. The average Bonchev–Trinajstić information content (AvgIpc) is 2.48. The topological polar surface area (TPSA) is 15.8 Å². The molecular formula is C8H4BrClFN. The number of aromatic amines is 1. The first-order valence-electron chi connectivity index (χ1n) is 3.30. The van der Waals surface area contributed by atoms with E-state index in [-0.39, 0.29) is 5.02 Å². The van der Waals surface area contributed by atoms with Crippen LogP contribution in [0.5, 0.6) is 0 Å². The maximum Gasteiger partial charge on any atom is 0.165 e. The largest absolute Gasteiger partial charge is 0.359 e. The molecule has 1 nitrogen and oxygen atoms in total. The molecule has 2 rings (SSSR count). The van der Waals surface area contributed by atoms with Gasteiger partial charge in [0.05, 0.1) is 10.5 Å².